The fourth-order valence-electron chi connectivity index (χ4n) is 0.838. The van der Waals surface area contributed by atoms with Gasteiger partial charge in [0.15, 0.2) is 6.61 Å². The Morgan fingerprint density at radius 1 is 1.45 bits per heavy atom. The van der Waals surface area contributed by atoms with Crippen molar-refractivity contribution in [2.75, 3.05) is 0 Å². The second kappa shape index (κ2) is 3.12. The maximum atomic E-state index is 10.3. The van der Waals surface area contributed by atoms with Gasteiger partial charge in [-0.25, -0.2) is 0 Å². The van der Waals surface area contributed by atoms with Gasteiger partial charge >= 0.3 is 0 Å². The summed E-state index contributed by atoms with van der Waals surface area (Å²) in [7, 11) is 0. The van der Waals surface area contributed by atoms with E-state index in [0.717, 1.165) is 0 Å². The predicted molar refractivity (Wildman–Crippen MR) is 40.4 cm³/mol. The topological polar surface area (TPSA) is 66.0 Å². The van der Waals surface area contributed by atoms with Crippen LogP contribution >= 0.6 is 0 Å². The van der Waals surface area contributed by atoms with Crippen molar-refractivity contribution >= 4 is 5.69 Å². The van der Waals surface area contributed by atoms with Crippen LogP contribution in [0.2, 0.25) is 0 Å². The number of nitrogens with zero attached hydrogens (tertiary/aromatic N) is 1. The smallest absolute Gasteiger partial charge is 0.280 e. The van der Waals surface area contributed by atoms with E-state index in [0.29, 0.717) is 5.56 Å². The number of benzene rings is 1. The number of hydrogen-bond donors (Lipinski definition) is 0. The summed E-state index contributed by atoms with van der Waals surface area (Å²) in [6, 6.07) is 6.28. The summed E-state index contributed by atoms with van der Waals surface area (Å²) in [4.78, 5) is 9.83. The number of rotatable bonds is 2. The molecule has 0 aromatic heterocycles. The van der Waals surface area contributed by atoms with Gasteiger partial charge in [-0.1, -0.05) is 12.1 Å². The SMILES string of the molecule is O=[N+]([O-])c1ccccc1C[OH2+]. The minimum atomic E-state index is -0.468. The van der Waals surface area contributed by atoms with Crippen molar-refractivity contribution in [1.29, 1.82) is 0 Å². The van der Waals surface area contributed by atoms with E-state index in [1.54, 1.807) is 18.2 Å². The van der Waals surface area contributed by atoms with Crippen LogP contribution in [0.25, 0.3) is 0 Å². The Morgan fingerprint density at radius 3 is 2.55 bits per heavy atom. The Kier molecular flexibility index (Phi) is 2.18. The highest BCUT2D eigenvalue weighted by Gasteiger charge is 2.11. The molecule has 0 aliphatic heterocycles. The van der Waals surface area contributed by atoms with E-state index in [9.17, 15) is 10.1 Å². The maximum Gasteiger partial charge on any atom is 0.280 e. The number of para-hydroxylation sites is 1. The highest BCUT2D eigenvalue weighted by molar-refractivity contribution is 5.38. The van der Waals surface area contributed by atoms with Gasteiger partial charge in [-0.05, 0) is 6.07 Å². The van der Waals surface area contributed by atoms with Gasteiger partial charge in [-0.2, -0.15) is 0 Å². The Hall–Kier alpha value is -1.42. The summed E-state index contributed by atoms with van der Waals surface area (Å²) in [5.74, 6) is 0. The van der Waals surface area contributed by atoms with E-state index < -0.39 is 4.92 Å². The Labute approximate surface area is 63.2 Å². The average Bonchev–Trinajstić information content (AvgIpc) is 2.04. The van der Waals surface area contributed by atoms with Gasteiger partial charge in [-0.15, -0.1) is 0 Å². The summed E-state index contributed by atoms with van der Waals surface area (Å²) in [5, 5.41) is 17.3. The number of nitro benzene ring substituents is 1. The molecule has 0 heterocycles. The molecule has 0 bridgehead atoms. The Balaban J connectivity index is 3.12. The second-order valence-electron chi connectivity index (χ2n) is 2.06. The van der Waals surface area contributed by atoms with Crippen molar-refractivity contribution in [3.8, 4) is 0 Å². The zero-order valence-electron chi connectivity index (χ0n) is 5.78. The molecule has 1 rings (SSSR count). The fourth-order valence-corrected chi connectivity index (χ4v) is 0.838. The quantitative estimate of drug-likeness (QED) is 0.359. The minimum Gasteiger partial charge on any atom is -0.442 e. The summed E-state index contributed by atoms with van der Waals surface area (Å²) in [5.41, 5.74) is 0.486. The third-order valence-corrected chi connectivity index (χ3v) is 1.38. The lowest BCUT2D eigenvalue weighted by Gasteiger charge is -1.94. The van der Waals surface area contributed by atoms with Gasteiger partial charge in [-0.3, -0.25) is 10.1 Å². The zero-order chi connectivity index (χ0) is 8.27. The van der Waals surface area contributed by atoms with Crippen LogP contribution in [0.4, 0.5) is 5.69 Å². The van der Waals surface area contributed by atoms with Crippen molar-refractivity contribution in [3.63, 3.8) is 0 Å². The molecule has 0 aliphatic rings. The minimum absolute atomic E-state index is 0.0301. The van der Waals surface area contributed by atoms with Gasteiger partial charge in [0.2, 0.25) is 0 Å². The summed E-state index contributed by atoms with van der Waals surface area (Å²) >= 11 is 0. The summed E-state index contributed by atoms with van der Waals surface area (Å²) in [6.07, 6.45) is 0. The van der Waals surface area contributed by atoms with Crippen LogP contribution < -0.4 is 0 Å². The van der Waals surface area contributed by atoms with Crippen molar-refractivity contribution in [3.05, 3.63) is 39.9 Å². The highest BCUT2D eigenvalue weighted by Crippen LogP contribution is 2.16. The van der Waals surface area contributed by atoms with E-state index in [1.165, 1.54) is 6.07 Å². The standard InChI is InChI=1S/C7H7NO3/c9-5-6-3-1-2-4-7(6)8(10)11/h1-4,9H,5H2/p+1. The third kappa shape index (κ3) is 1.53. The number of hydrogen-bond acceptors (Lipinski definition) is 2. The van der Waals surface area contributed by atoms with Crippen LogP contribution in [-0.4, -0.2) is 10.0 Å². The molecule has 0 radical (unpaired) electrons. The first-order valence-corrected chi connectivity index (χ1v) is 3.12. The first kappa shape index (κ1) is 7.68. The molecule has 4 heteroatoms. The molecule has 0 saturated carbocycles. The fraction of sp³-hybridized carbons (Fsp3) is 0.143. The van der Waals surface area contributed by atoms with E-state index in [-0.39, 0.29) is 12.3 Å². The predicted octanol–water partition coefficient (Wildman–Crippen LogP) is 0.819. The lowest BCUT2D eigenvalue weighted by Crippen LogP contribution is -1.93. The first-order chi connectivity index (χ1) is 5.25. The molecule has 4 nitrogen and oxygen atoms in total. The third-order valence-electron chi connectivity index (χ3n) is 1.38. The van der Waals surface area contributed by atoms with Crippen LogP contribution in [0.5, 0.6) is 0 Å². The van der Waals surface area contributed by atoms with Gasteiger partial charge in [0.05, 0.1) is 4.92 Å². The molecule has 0 saturated heterocycles. The van der Waals surface area contributed by atoms with Crippen LogP contribution in [0, 0.1) is 10.1 Å². The van der Waals surface area contributed by atoms with Gasteiger partial charge in [0.1, 0.15) is 5.56 Å². The lowest BCUT2D eigenvalue weighted by molar-refractivity contribution is -0.385. The molecule has 0 aliphatic carbocycles. The van der Waals surface area contributed by atoms with E-state index in [2.05, 4.69) is 0 Å². The van der Waals surface area contributed by atoms with Gasteiger partial charge < -0.3 is 5.11 Å². The molecule has 11 heavy (non-hydrogen) atoms. The molecular formula is C7H8NO3+. The maximum absolute atomic E-state index is 10.3. The molecule has 58 valence electrons. The molecule has 0 spiro atoms. The van der Waals surface area contributed by atoms with Gasteiger partial charge in [0, 0.05) is 6.07 Å². The van der Waals surface area contributed by atoms with E-state index in [4.69, 9.17) is 5.11 Å². The molecule has 0 amide bonds. The van der Waals surface area contributed by atoms with Crippen LogP contribution in [0.1, 0.15) is 5.56 Å². The van der Waals surface area contributed by atoms with E-state index in [1.807, 2.05) is 0 Å². The zero-order valence-corrected chi connectivity index (χ0v) is 5.78. The average molecular weight is 154 g/mol. The largest absolute Gasteiger partial charge is 0.442 e. The van der Waals surface area contributed by atoms with Crippen molar-refractivity contribution in [2.24, 2.45) is 0 Å². The summed E-state index contributed by atoms with van der Waals surface area (Å²) in [6.45, 7) is -0.0445. The Bertz CT molecular complexity index is 272. The van der Waals surface area contributed by atoms with Crippen molar-refractivity contribution < 1.29 is 10.0 Å². The monoisotopic (exact) mass is 154 g/mol. The molecule has 2 N–H and O–H groups in total. The van der Waals surface area contributed by atoms with Crippen LogP contribution in [0.15, 0.2) is 24.3 Å². The molecule has 0 atom stereocenters. The van der Waals surface area contributed by atoms with Crippen molar-refractivity contribution in [1.82, 2.24) is 0 Å². The lowest BCUT2D eigenvalue weighted by atomic mass is 10.2. The van der Waals surface area contributed by atoms with Crippen LogP contribution in [-0.2, 0) is 6.61 Å². The normalized spacial score (nSPS) is 9.55. The number of nitro groups is 1. The molecule has 0 fully saturated rings. The molecular weight excluding hydrogens is 146 g/mol. The molecule has 0 unspecified atom stereocenters. The molecule has 1 aromatic rings. The summed E-state index contributed by atoms with van der Waals surface area (Å²) < 4.78 is 0. The molecule has 1 aromatic carbocycles. The Morgan fingerprint density at radius 2 is 2.09 bits per heavy atom. The second-order valence-corrected chi connectivity index (χ2v) is 2.06. The van der Waals surface area contributed by atoms with Crippen molar-refractivity contribution in [2.45, 2.75) is 6.61 Å². The van der Waals surface area contributed by atoms with Crippen LogP contribution in [0.3, 0.4) is 0 Å². The van der Waals surface area contributed by atoms with Gasteiger partial charge in [0.25, 0.3) is 5.69 Å². The van der Waals surface area contributed by atoms with E-state index >= 15 is 0 Å². The highest BCUT2D eigenvalue weighted by atomic mass is 16.6. The first-order valence-electron chi connectivity index (χ1n) is 3.12.